The fourth-order valence-corrected chi connectivity index (χ4v) is 2.86. The lowest BCUT2D eigenvalue weighted by molar-refractivity contribution is 0.340. The van der Waals surface area contributed by atoms with Crippen LogP contribution in [0.5, 0.6) is 5.75 Å². The van der Waals surface area contributed by atoms with Crippen LogP contribution in [0.4, 0.5) is 5.82 Å². The first kappa shape index (κ1) is 17.5. The smallest absolute Gasteiger partial charge is 0.142 e. The summed E-state index contributed by atoms with van der Waals surface area (Å²) in [4.78, 5) is 4.45. The fraction of sp³-hybridized carbons (Fsp3) is 0.182. The van der Waals surface area contributed by atoms with Gasteiger partial charge in [0.15, 0.2) is 0 Å². The molecule has 0 aliphatic carbocycles. The van der Waals surface area contributed by atoms with Gasteiger partial charge < -0.3 is 10.5 Å². The second-order valence-corrected chi connectivity index (χ2v) is 6.18. The van der Waals surface area contributed by atoms with Gasteiger partial charge in [0.2, 0.25) is 0 Å². The lowest BCUT2D eigenvalue weighted by Crippen LogP contribution is -2.00. The maximum absolute atomic E-state index is 9.55. The quantitative estimate of drug-likeness (QED) is 0.732. The molecule has 0 fully saturated rings. The molecule has 2 aromatic carbocycles. The van der Waals surface area contributed by atoms with Gasteiger partial charge in [0.1, 0.15) is 23.2 Å². The van der Waals surface area contributed by atoms with E-state index in [0.29, 0.717) is 12.2 Å². The third kappa shape index (κ3) is 3.38. The molecule has 0 spiro atoms. The number of pyridine rings is 1. The molecule has 3 rings (SSSR count). The Balaban J connectivity index is 2.13. The zero-order chi connectivity index (χ0) is 18.7. The Hall–Kier alpha value is -3.32. The van der Waals surface area contributed by atoms with Crippen LogP contribution < -0.4 is 10.5 Å². The molecule has 0 unspecified atom stereocenters. The highest BCUT2D eigenvalue weighted by molar-refractivity contribution is 5.80. The number of nitrogens with zero attached hydrogens (tertiary/aromatic N) is 2. The number of aromatic nitrogens is 1. The molecule has 0 atom stereocenters. The van der Waals surface area contributed by atoms with Gasteiger partial charge in [0, 0.05) is 11.1 Å². The highest BCUT2D eigenvalue weighted by atomic mass is 16.5. The lowest BCUT2D eigenvalue weighted by atomic mass is 9.97. The van der Waals surface area contributed by atoms with E-state index >= 15 is 0 Å². The Morgan fingerprint density at radius 1 is 1.00 bits per heavy atom. The molecule has 0 amide bonds. The van der Waals surface area contributed by atoms with Crippen molar-refractivity contribution in [2.24, 2.45) is 0 Å². The van der Waals surface area contributed by atoms with Crippen LogP contribution in [-0.4, -0.2) is 11.6 Å². The third-order valence-corrected chi connectivity index (χ3v) is 4.44. The van der Waals surface area contributed by atoms with E-state index < -0.39 is 0 Å². The summed E-state index contributed by atoms with van der Waals surface area (Å²) in [7, 11) is 0. The van der Waals surface area contributed by atoms with Gasteiger partial charge >= 0.3 is 0 Å². The van der Waals surface area contributed by atoms with Crippen LogP contribution in [0, 0.1) is 25.2 Å². The predicted octanol–water partition coefficient (Wildman–Crippen LogP) is 4.89. The molecule has 4 nitrogen and oxygen atoms in total. The second-order valence-electron chi connectivity index (χ2n) is 6.18. The predicted molar refractivity (Wildman–Crippen MR) is 105 cm³/mol. The van der Waals surface area contributed by atoms with Crippen molar-refractivity contribution in [1.82, 2.24) is 4.98 Å². The van der Waals surface area contributed by atoms with Gasteiger partial charge in [-0.1, -0.05) is 24.3 Å². The first-order valence-electron chi connectivity index (χ1n) is 8.55. The van der Waals surface area contributed by atoms with Gasteiger partial charge in [-0.3, -0.25) is 0 Å². The normalized spacial score (nSPS) is 10.4. The zero-order valence-corrected chi connectivity index (χ0v) is 15.2. The molecule has 0 aliphatic heterocycles. The Bertz CT molecular complexity index is 986. The van der Waals surface area contributed by atoms with Crippen LogP contribution in [0.25, 0.3) is 22.4 Å². The van der Waals surface area contributed by atoms with Crippen molar-refractivity contribution < 1.29 is 4.74 Å². The highest BCUT2D eigenvalue weighted by Crippen LogP contribution is 2.32. The number of hydrogen-bond acceptors (Lipinski definition) is 4. The monoisotopic (exact) mass is 343 g/mol. The maximum Gasteiger partial charge on any atom is 0.142 e. The van der Waals surface area contributed by atoms with Crippen molar-refractivity contribution in [3.8, 4) is 34.2 Å². The Labute approximate surface area is 153 Å². The van der Waals surface area contributed by atoms with Gasteiger partial charge in [-0.25, -0.2) is 4.98 Å². The zero-order valence-electron chi connectivity index (χ0n) is 15.2. The van der Waals surface area contributed by atoms with E-state index in [9.17, 15) is 5.26 Å². The molecule has 3 aromatic rings. The fourth-order valence-electron chi connectivity index (χ4n) is 2.86. The molecule has 0 saturated carbocycles. The summed E-state index contributed by atoms with van der Waals surface area (Å²) >= 11 is 0. The highest BCUT2D eigenvalue weighted by Gasteiger charge is 2.14. The van der Waals surface area contributed by atoms with Crippen molar-refractivity contribution in [1.29, 1.82) is 5.26 Å². The van der Waals surface area contributed by atoms with E-state index in [1.165, 1.54) is 11.1 Å². The van der Waals surface area contributed by atoms with Gasteiger partial charge in [-0.2, -0.15) is 5.26 Å². The Morgan fingerprint density at radius 2 is 1.69 bits per heavy atom. The number of rotatable bonds is 4. The molecule has 0 saturated heterocycles. The summed E-state index contributed by atoms with van der Waals surface area (Å²) in [6.45, 7) is 6.70. The van der Waals surface area contributed by atoms with Crippen LogP contribution in [0.1, 0.15) is 23.6 Å². The summed E-state index contributed by atoms with van der Waals surface area (Å²) in [5.74, 6) is 1.04. The Morgan fingerprint density at radius 3 is 2.31 bits per heavy atom. The van der Waals surface area contributed by atoms with E-state index in [1.54, 1.807) is 0 Å². The van der Waals surface area contributed by atoms with Crippen LogP contribution in [0.2, 0.25) is 0 Å². The number of nitriles is 1. The summed E-state index contributed by atoms with van der Waals surface area (Å²) in [5, 5.41) is 9.55. The molecule has 0 radical (unpaired) electrons. The minimum Gasteiger partial charge on any atom is -0.494 e. The van der Waals surface area contributed by atoms with Gasteiger partial charge in [-0.15, -0.1) is 0 Å². The minimum absolute atomic E-state index is 0.243. The van der Waals surface area contributed by atoms with Crippen molar-refractivity contribution in [2.75, 3.05) is 12.3 Å². The molecule has 2 N–H and O–H groups in total. The maximum atomic E-state index is 9.55. The number of anilines is 1. The topological polar surface area (TPSA) is 71.9 Å². The summed E-state index contributed by atoms with van der Waals surface area (Å²) < 4.78 is 5.49. The van der Waals surface area contributed by atoms with Crippen LogP contribution >= 0.6 is 0 Å². The van der Waals surface area contributed by atoms with Crippen LogP contribution in [0.3, 0.4) is 0 Å². The molecule has 0 bridgehead atoms. The van der Waals surface area contributed by atoms with E-state index in [2.05, 4.69) is 37.0 Å². The van der Waals surface area contributed by atoms with Gasteiger partial charge in [0.05, 0.1) is 12.3 Å². The largest absolute Gasteiger partial charge is 0.494 e. The molecule has 1 heterocycles. The number of nitrogen functional groups attached to an aromatic ring is 1. The number of hydrogen-bond donors (Lipinski definition) is 1. The molecule has 130 valence electrons. The van der Waals surface area contributed by atoms with Crippen LogP contribution in [-0.2, 0) is 0 Å². The van der Waals surface area contributed by atoms with E-state index in [1.807, 2.05) is 43.3 Å². The molecule has 1 aromatic heterocycles. The number of aryl methyl sites for hydroxylation is 2. The molecule has 26 heavy (non-hydrogen) atoms. The first-order valence-corrected chi connectivity index (χ1v) is 8.55. The minimum atomic E-state index is 0.243. The molecule has 4 heteroatoms. The number of benzene rings is 2. The van der Waals surface area contributed by atoms with Crippen molar-refractivity contribution >= 4 is 5.82 Å². The van der Waals surface area contributed by atoms with Crippen LogP contribution in [0.15, 0.2) is 48.5 Å². The summed E-state index contributed by atoms with van der Waals surface area (Å²) in [5.41, 5.74) is 12.3. The summed E-state index contributed by atoms with van der Waals surface area (Å²) in [6, 6.07) is 17.9. The van der Waals surface area contributed by atoms with E-state index in [4.69, 9.17) is 10.5 Å². The molecule has 0 aliphatic rings. The first-order chi connectivity index (χ1) is 12.5. The molecular formula is C22H21N3O. The SMILES string of the molecule is CCOc1ccc(-c2cc(-c3ccc(C)c(C)c3)nc(N)c2C#N)cc1. The number of nitrogens with two attached hydrogens (primary N) is 1. The average molecular weight is 343 g/mol. The standard InChI is InChI=1S/C22H21N3O/c1-4-26-18-9-7-16(8-10-18)19-12-21(25-22(24)20(19)13-23)17-6-5-14(2)15(3)11-17/h5-12H,4H2,1-3H3,(H2,24,25). The van der Waals surface area contributed by atoms with E-state index in [-0.39, 0.29) is 5.82 Å². The van der Waals surface area contributed by atoms with Crippen molar-refractivity contribution in [3.05, 3.63) is 65.2 Å². The van der Waals surface area contributed by atoms with Crippen molar-refractivity contribution in [2.45, 2.75) is 20.8 Å². The van der Waals surface area contributed by atoms with Gasteiger partial charge in [-0.05, 0) is 61.7 Å². The average Bonchev–Trinajstić information content (AvgIpc) is 2.64. The lowest BCUT2D eigenvalue weighted by Gasteiger charge is -2.12. The Kier molecular flexibility index (Phi) is 4.90. The summed E-state index contributed by atoms with van der Waals surface area (Å²) in [6.07, 6.45) is 0. The third-order valence-electron chi connectivity index (χ3n) is 4.44. The second kappa shape index (κ2) is 7.28. The van der Waals surface area contributed by atoms with E-state index in [0.717, 1.165) is 28.1 Å². The van der Waals surface area contributed by atoms with Crippen molar-refractivity contribution in [3.63, 3.8) is 0 Å². The number of ether oxygens (including phenoxy) is 1. The van der Waals surface area contributed by atoms with Gasteiger partial charge in [0.25, 0.3) is 0 Å². The molecular weight excluding hydrogens is 322 g/mol.